The largest absolute Gasteiger partial charge is 0.449 e. The van der Waals surface area contributed by atoms with Gasteiger partial charge in [-0.3, -0.25) is 19.2 Å². The molecule has 1 heterocycles. The van der Waals surface area contributed by atoms with Crippen molar-refractivity contribution >= 4 is 29.6 Å². The van der Waals surface area contributed by atoms with Crippen molar-refractivity contribution in [3.8, 4) is 0 Å². The summed E-state index contributed by atoms with van der Waals surface area (Å²) in [5.74, 6) is -2.40. The summed E-state index contributed by atoms with van der Waals surface area (Å²) in [4.78, 5) is 68.6. The monoisotopic (exact) mass is 624 g/mol. The number of carbonyl (C=O) groups excluding carboxylic acids is 5. The molecule has 3 rings (SSSR count). The average molecular weight is 625 g/mol. The number of nitrogens with one attached hydrogen (secondary N) is 3. The zero-order chi connectivity index (χ0) is 33.3. The molecule has 1 fully saturated rings. The van der Waals surface area contributed by atoms with E-state index in [-0.39, 0.29) is 48.6 Å². The number of hydrogen-bond donors (Lipinski definition) is 3. The average Bonchev–Trinajstić information content (AvgIpc) is 3.60. The molecule has 248 valence electrons. The van der Waals surface area contributed by atoms with Crippen LogP contribution in [0.2, 0.25) is 0 Å². The normalized spacial score (nSPS) is 19.4. The summed E-state index contributed by atoms with van der Waals surface area (Å²) in [6, 6.07) is 5.23. The minimum Gasteiger partial charge on any atom is -0.449 e. The van der Waals surface area contributed by atoms with E-state index in [2.05, 4.69) is 36.4 Å². The van der Waals surface area contributed by atoms with Gasteiger partial charge in [-0.2, -0.15) is 0 Å². The van der Waals surface area contributed by atoms with Crippen molar-refractivity contribution in [1.29, 1.82) is 0 Å². The van der Waals surface area contributed by atoms with Gasteiger partial charge in [0.1, 0.15) is 12.1 Å². The van der Waals surface area contributed by atoms with E-state index in [9.17, 15) is 24.0 Å². The zero-order valence-corrected chi connectivity index (χ0v) is 27.8. The molecule has 1 saturated heterocycles. The number of hydrogen-bond acceptors (Lipinski definition) is 6. The Kier molecular flexibility index (Phi) is 12.8. The van der Waals surface area contributed by atoms with E-state index >= 15 is 0 Å². The van der Waals surface area contributed by atoms with Gasteiger partial charge in [-0.25, -0.2) is 4.79 Å². The molecule has 10 nitrogen and oxygen atoms in total. The molecule has 1 unspecified atom stereocenters. The lowest BCUT2D eigenvalue weighted by Crippen LogP contribution is -2.59. The molecule has 3 N–H and O–H groups in total. The molecule has 45 heavy (non-hydrogen) atoms. The molecule has 1 aliphatic carbocycles. The van der Waals surface area contributed by atoms with Gasteiger partial charge in [0.25, 0.3) is 5.91 Å². The lowest BCUT2D eigenvalue weighted by molar-refractivity contribution is -0.144. The minimum absolute atomic E-state index is 0.135. The van der Waals surface area contributed by atoms with Crippen molar-refractivity contribution in [2.75, 3.05) is 19.7 Å². The van der Waals surface area contributed by atoms with Gasteiger partial charge in [0.15, 0.2) is 0 Å². The lowest BCUT2D eigenvalue weighted by atomic mass is 9.89. The SMILES string of the molecule is C=CCNC(=O)C(=O)C(CCC)NC(=O)[C@@H]1[C@@H](CC(C)C)CCN1C(=O)[C@@H](NC(=O)OCC(C)(C)C)C1Cc2ccccc2C1. The molecule has 0 aromatic heterocycles. The standard InChI is InChI=1S/C35H52N4O6/c1-8-12-27(30(40)32(42)36-16-9-2)37-31(41)29-25(18-22(3)4)15-17-39(29)33(43)28(38-34(44)45-21-35(5,6)7)26-19-23-13-10-11-14-24(23)20-26/h9-11,13-14,22,25-29H,2,8,12,15-21H2,1,3-7H3,(H,36,42)(H,37,41)(H,38,44)/t25-,27?,28+,29+/m1/s1. The van der Waals surface area contributed by atoms with Crippen LogP contribution in [0.1, 0.15) is 78.4 Å². The van der Waals surface area contributed by atoms with Crippen molar-refractivity contribution < 1.29 is 28.7 Å². The summed E-state index contributed by atoms with van der Waals surface area (Å²) in [5.41, 5.74) is 2.01. The first-order chi connectivity index (χ1) is 21.2. The molecule has 4 atom stereocenters. The summed E-state index contributed by atoms with van der Waals surface area (Å²) < 4.78 is 5.51. The quantitative estimate of drug-likeness (QED) is 0.212. The molecule has 2 aliphatic rings. The van der Waals surface area contributed by atoms with Crippen molar-refractivity contribution in [3.63, 3.8) is 0 Å². The second-order valence-corrected chi connectivity index (χ2v) is 14.1. The first-order valence-electron chi connectivity index (χ1n) is 16.3. The van der Waals surface area contributed by atoms with Crippen molar-refractivity contribution in [2.24, 2.45) is 23.2 Å². The molecule has 1 aromatic rings. The van der Waals surface area contributed by atoms with Gasteiger partial charge >= 0.3 is 6.09 Å². The Bertz CT molecular complexity index is 1210. The van der Waals surface area contributed by atoms with Crippen LogP contribution in [0.4, 0.5) is 4.79 Å². The van der Waals surface area contributed by atoms with E-state index in [4.69, 9.17) is 4.74 Å². The summed E-state index contributed by atoms with van der Waals surface area (Å²) in [6.45, 7) is 16.1. The molecular formula is C35H52N4O6. The number of carbonyl (C=O) groups is 5. The molecular weight excluding hydrogens is 572 g/mol. The fourth-order valence-electron chi connectivity index (χ4n) is 6.38. The summed E-state index contributed by atoms with van der Waals surface area (Å²) in [5, 5.41) is 8.19. The third-order valence-electron chi connectivity index (χ3n) is 8.42. The van der Waals surface area contributed by atoms with Gasteiger partial charge in [-0.15, -0.1) is 6.58 Å². The Morgan fingerprint density at radius 1 is 1.07 bits per heavy atom. The van der Waals surface area contributed by atoms with Crippen LogP contribution >= 0.6 is 0 Å². The van der Waals surface area contributed by atoms with Crippen molar-refractivity contribution in [2.45, 2.75) is 98.2 Å². The minimum atomic E-state index is -1.02. The van der Waals surface area contributed by atoms with E-state index in [1.165, 1.54) is 6.08 Å². The Hall–Kier alpha value is -3.69. The highest BCUT2D eigenvalue weighted by Crippen LogP contribution is 2.34. The molecule has 0 saturated carbocycles. The van der Waals surface area contributed by atoms with Crippen LogP contribution in [0.15, 0.2) is 36.9 Å². The summed E-state index contributed by atoms with van der Waals surface area (Å²) in [7, 11) is 0. The van der Waals surface area contributed by atoms with Crippen LogP contribution in [0.25, 0.3) is 0 Å². The van der Waals surface area contributed by atoms with Crippen LogP contribution in [0.5, 0.6) is 0 Å². The second-order valence-electron chi connectivity index (χ2n) is 14.1. The number of rotatable bonds is 14. The summed E-state index contributed by atoms with van der Waals surface area (Å²) in [6.07, 6.45) is 4.19. The maximum atomic E-state index is 14.5. The van der Waals surface area contributed by atoms with Crippen LogP contribution in [-0.2, 0) is 36.8 Å². The number of benzene rings is 1. The third kappa shape index (κ3) is 9.90. The Labute approximate surface area is 268 Å². The van der Waals surface area contributed by atoms with E-state index in [0.717, 1.165) is 11.1 Å². The van der Waals surface area contributed by atoms with Gasteiger partial charge in [0, 0.05) is 13.1 Å². The van der Waals surface area contributed by atoms with Gasteiger partial charge < -0.3 is 25.6 Å². The van der Waals surface area contributed by atoms with Gasteiger partial charge in [-0.1, -0.05) is 78.3 Å². The highest BCUT2D eigenvalue weighted by Gasteiger charge is 2.47. The first kappa shape index (κ1) is 35.8. The van der Waals surface area contributed by atoms with Crippen LogP contribution in [0.3, 0.4) is 0 Å². The zero-order valence-electron chi connectivity index (χ0n) is 27.8. The molecule has 1 aliphatic heterocycles. The fourth-order valence-corrected chi connectivity index (χ4v) is 6.38. The third-order valence-corrected chi connectivity index (χ3v) is 8.42. The fraction of sp³-hybridized carbons (Fsp3) is 0.629. The number of ether oxygens (including phenoxy) is 1. The van der Waals surface area contributed by atoms with E-state index in [1.807, 2.05) is 52.0 Å². The maximum Gasteiger partial charge on any atom is 0.407 e. The second kappa shape index (κ2) is 16.0. The Balaban J connectivity index is 1.89. The number of nitrogens with zero attached hydrogens (tertiary/aromatic N) is 1. The Morgan fingerprint density at radius 3 is 2.27 bits per heavy atom. The topological polar surface area (TPSA) is 134 Å². The van der Waals surface area contributed by atoms with Crippen molar-refractivity contribution in [3.05, 3.63) is 48.0 Å². The van der Waals surface area contributed by atoms with E-state index in [0.29, 0.717) is 38.6 Å². The number of ketones is 1. The number of amides is 4. The molecule has 0 spiro atoms. The number of alkyl carbamates (subject to hydrolysis) is 1. The highest BCUT2D eigenvalue weighted by molar-refractivity contribution is 6.38. The Morgan fingerprint density at radius 2 is 1.71 bits per heavy atom. The highest BCUT2D eigenvalue weighted by atomic mass is 16.5. The molecule has 10 heteroatoms. The predicted octanol–water partition coefficient (Wildman–Crippen LogP) is 3.96. The predicted molar refractivity (Wildman–Crippen MR) is 173 cm³/mol. The number of likely N-dealkylation sites (tertiary alicyclic amines) is 1. The first-order valence-corrected chi connectivity index (χ1v) is 16.3. The number of fused-ring (bicyclic) bond motifs is 1. The van der Waals surface area contributed by atoms with Crippen LogP contribution in [0, 0.1) is 23.2 Å². The summed E-state index contributed by atoms with van der Waals surface area (Å²) >= 11 is 0. The smallest absolute Gasteiger partial charge is 0.407 e. The molecule has 1 aromatic carbocycles. The maximum absolute atomic E-state index is 14.5. The number of Topliss-reactive ketones (excluding diaryl/α,β-unsaturated/α-hetero) is 1. The molecule has 4 amide bonds. The van der Waals surface area contributed by atoms with E-state index < -0.39 is 41.8 Å². The lowest BCUT2D eigenvalue weighted by Gasteiger charge is -2.34. The van der Waals surface area contributed by atoms with Crippen LogP contribution < -0.4 is 16.0 Å². The molecule has 0 radical (unpaired) electrons. The molecule has 0 bridgehead atoms. The van der Waals surface area contributed by atoms with Gasteiger partial charge in [0.05, 0.1) is 12.6 Å². The van der Waals surface area contributed by atoms with E-state index in [1.54, 1.807) is 4.90 Å². The van der Waals surface area contributed by atoms with Gasteiger partial charge in [0.2, 0.25) is 17.6 Å². The van der Waals surface area contributed by atoms with Gasteiger partial charge in [-0.05, 0) is 66.4 Å². The van der Waals surface area contributed by atoms with Crippen molar-refractivity contribution in [1.82, 2.24) is 20.9 Å². The van der Waals surface area contributed by atoms with Crippen LogP contribution in [-0.4, -0.2) is 72.3 Å².